The lowest BCUT2D eigenvalue weighted by atomic mass is 10.00. The molecule has 108 valence electrons. The summed E-state index contributed by atoms with van der Waals surface area (Å²) >= 11 is 3.51. The minimum absolute atomic E-state index is 0.286. The molecule has 2 atom stereocenters. The summed E-state index contributed by atoms with van der Waals surface area (Å²) in [7, 11) is 0. The highest BCUT2D eigenvalue weighted by atomic mass is 79.9. The normalized spacial score (nSPS) is 25.4. The molecule has 1 fully saturated rings. The molecule has 5 heteroatoms. The van der Waals surface area contributed by atoms with Crippen LogP contribution in [0.5, 0.6) is 11.5 Å². The molecule has 0 radical (unpaired) electrons. The molecule has 0 aromatic heterocycles. The second-order valence-corrected chi connectivity index (χ2v) is 6.34. The molecule has 1 aromatic carbocycles. The number of nitrogens with zero attached hydrogens (tertiary/aromatic N) is 2. The van der Waals surface area contributed by atoms with Crippen molar-refractivity contribution in [3.8, 4) is 11.5 Å². The van der Waals surface area contributed by atoms with E-state index in [1.165, 1.54) is 19.3 Å². The number of fused-ring (bicyclic) bond motifs is 1. The molecule has 0 saturated carbocycles. The van der Waals surface area contributed by atoms with Crippen LogP contribution in [0.1, 0.15) is 38.7 Å². The summed E-state index contributed by atoms with van der Waals surface area (Å²) in [6, 6.07) is 4.99. The first-order chi connectivity index (χ1) is 9.65. The molecular weight excluding hydrogens is 320 g/mol. The lowest BCUT2D eigenvalue weighted by Crippen LogP contribution is -2.39. The van der Waals surface area contributed by atoms with Gasteiger partial charge in [0, 0.05) is 12.1 Å². The fourth-order valence-corrected chi connectivity index (χ4v) is 3.40. The third kappa shape index (κ3) is 2.64. The molecule has 0 amide bonds. The summed E-state index contributed by atoms with van der Waals surface area (Å²) in [5.41, 5.74) is 1.02. The SMILES string of the molecule is C[C@H]1CCC[C@H](C)N1/N=C\c1cc(Br)c2c(c1)OCO2. The summed E-state index contributed by atoms with van der Waals surface area (Å²) < 4.78 is 11.7. The van der Waals surface area contributed by atoms with E-state index in [0.717, 1.165) is 21.5 Å². The van der Waals surface area contributed by atoms with E-state index in [1.54, 1.807) is 0 Å². The van der Waals surface area contributed by atoms with Gasteiger partial charge >= 0.3 is 0 Å². The molecule has 0 N–H and O–H groups in total. The van der Waals surface area contributed by atoms with Crippen LogP contribution in [0.2, 0.25) is 0 Å². The maximum absolute atomic E-state index is 5.43. The van der Waals surface area contributed by atoms with Crippen LogP contribution in [0.4, 0.5) is 0 Å². The van der Waals surface area contributed by atoms with Crippen LogP contribution in [-0.2, 0) is 0 Å². The van der Waals surface area contributed by atoms with Gasteiger partial charge in [-0.25, -0.2) is 0 Å². The third-order valence-corrected chi connectivity index (χ3v) is 4.53. The van der Waals surface area contributed by atoms with E-state index >= 15 is 0 Å². The summed E-state index contributed by atoms with van der Waals surface area (Å²) in [6.07, 6.45) is 5.63. The highest BCUT2D eigenvalue weighted by Crippen LogP contribution is 2.39. The number of hydrogen-bond donors (Lipinski definition) is 0. The van der Waals surface area contributed by atoms with Crippen molar-refractivity contribution in [3.05, 3.63) is 22.2 Å². The molecule has 0 aliphatic carbocycles. The van der Waals surface area contributed by atoms with Gasteiger partial charge in [0.05, 0.1) is 10.7 Å². The maximum atomic E-state index is 5.43. The van der Waals surface area contributed by atoms with Gasteiger partial charge in [0.2, 0.25) is 6.79 Å². The molecule has 1 saturated heterocycles. The van der Waals surface area contributed by atoms with E-state index in [1.807, 2.05) is 18.3 Å². The van der Waals surface area contributed by atoms with Gasteiger partial charge in [-0.1, -0.05) is 0 Å². The van der Waals surface area contributed by atoms with E-state index < -0.39 is 0 Å². The number of rotatable bonds is 2. The average molecular weight is 339 g/mol. The lowest BCUT2D eigenvalue weighted by Gasteiger charge is -2.36. The van der Waals surface area contributed by atoms with Gasteiger partial charge in [0.25, 0.3) is 0 Å². The number of benzene rings is 1. The van der Waals surface area contributed by atoms with Gasteiger partial charge in [0.15, 0.2) is 11.5 Å². The Hall–Kier alpha value is -1.23. The second kappa shape index (κ2) is 5.64. The van der Waals surface area contributed by atoms with Crippen LogP contribution >= 0.6 is 15.9 Å². The van der Waals surface area contributed by atoms with E-state index in [9.17, 15) is 0 Å². The smallest absolute Gasteiger partial charge is 0.231 e. The molecular formula is C15H19BrN2O2. The van der Waals surface area contributed by atoms with Gasteiger partial charge in [-0.3, -0.25) is 5.01 Å². The van der Waals surface area contributed by atoms with Crippen LogP contribution in [0.15, 0.2) is 21.7 Å². The molecule has 2 aliphatic heterocycles. The van der Waals surface area contributed by atoms with E-state index in [2.05, 4.69) is 39.9 Å². The van der Waals surface area contributed by atoms with Crippen LogP contribution in [0, 0.1) is 0 Å². The first kappa shape index (κ1) is 13.7. The summed E-state index contributed by atoms with van der Waals surface area (Å²) in [4.78, 5) is 0. The molecule has 0 bridgehead atoms. The zero-order chi connectivity index (χ0) is 14.1. The highest BCUT2D eigenvalue weighted by molar-refractivity contribution is 9.10. The van der Waals surface area contributed by atoms with Crippen molar-refractivity contribution in [1.29, 1.82) is 0 Å². The number of ether oxygens (including phenoxy) is 2. The van der Waals surface area contributed by atoms with Gasteiger partial charge < -0.3 is 9.47 Å². The number of halogens is 1. The largest absolute Gasteiger partial charge is 0.454 e. The van der Waals surface area contributed by atoms with E-state index in [4.69, 9.17) is 9.47 Å². The quantitative estimate of drug-likeness (QED) is 0.769. The Labute approximate surface area is 127 Å². The van der Waals surface area contributed by atoms with Gasteiger partial charge in [0.1, 0.15) is 0 Å². The van der Waals surface area contributed by atoms with Gasteiger partial charge in [-0.2, -0.15) is 5.10 Å². The Balaban J connectivity index is 1.80. The molecule has 0 spiro atoms. The standard InChI is InChI=1S/C15H19BrN2O2/c1-10-4-3-5-11(2)18(10)17-8-12-6-13(16)15-14(7-12)19-9-20-15/h6-8,10-11H,3-5,9H2,1-2H3/b17-8-/t10-,11-/m0/s1. The Morgan fingerprint density at radius 2 is 2.00 bits per heavy atom. The zero-order valence-electron chi connectivity index (χ0n) is 11.8. The Bertz CT molecular complexity index is 523. The Kier molecular flexibility index (Phi) is 3.87. The fraction of sp³-hybridized carbons (Fsp3) is 0.533. The first-order valence-corrected chi connectivity index (χ1v) is 7.86. The Morgan fingerprint density at radius 3 is 2.75 bits per heavy atom. The maximum Gasteiger partial charge on any atom is 0.231 e. The number of hydrogen-bond acceptors (Lipinski definition) is 4. The zero-order valence-corrected chi connectivity index (χ0v) is 13.4. The number of hydrazone groups is 1. The van der Waals surface area contributed by atoms with Gasteiger partial charge in [-0.15, -0.1) is 0 Å². The van der Waals surface area contributed by atoms with Crippen molar-refractivity contribution in [1.82, 2.24) is 5.01 Å². The predicted octanol–water partition coefficient (Wildman–Crippen LogP) is 3.77. The molecule has 2 aliphatic rings. The van der Waals surface area contributed by atoms with Crippen molar-refractivity contribution >= 4 is 22.1 Å². The number of piperidine rings is 1. The van der Waals surface area contributed by atoms with Crippen LogP contribution in [0.25, 0.3) is 0 Å². The summed E-state index contributed by atoms with van der Waals surface area (Å²) in [6.45, 7) is 4.76. The van der Waals surface area contributed by atoms with Crippen LogP contribution in [-0.4, -0.2) is 30.1 Å². The Morgan fingerprint density at radius 1 is 1.25 bits per heavy atom. The molecule has 0 unspecified atom stereocenters. The summed E-state index contributed by atoms with van der Waals surface area (Å²) in [5.74, 6) is 1.56. The van der Waals surface area contributed by atoms with Gasteiger partial charge in [-0.05, 0) is 66.7 Å². The highest BCUT2D eigenvalue weighted by Gasteiger charge is 2.23. The van der Waals surface area contributed by atoms with Crippen LogP contribution < -0.4 is 9.47 Å². The van der Waals surface area contributed by atoms with E-state index in [-0.39, 0.29) is 6.79 Å². The fourth-order valence-electron chi connectivity index (χ4n) is 2.83. The molecule has 1 aromatic rings. The monoisotopic (exact) mass is 338 g/mol. The minimum Gasteiger partial charge on any atom is -0.454 e. The van der Waals surface area contributed by atoms with Crippen LogP contribution in [0.3, 0.4) is 0 Å². The minimum atomic E-state index is 0.286. The van der Waals surface area contributed by atoms with Crippen molar-refractivity contribution in [3.63, 3.8) is 0 Å². The van der Waals surface area contributed by atoms with Crippen molar-refractivity contribution in [2.75, 3.05) is 6.79 Å². The molecule has 4 nitrogen and oxygen atoms in total. The van der Waals surface area contributed by atoms with Crippen molar-refractivity contribution in [2.24, 2.45) is 5.10 Å². The average Bonchev–Trinajstić information content (AvgIpc) is 2.87. The molecule has 3 rings (SSSR count). The summed E-state index contributed by atoms with van der Waals surface area (Å²) in [5, 5.41) is 6.88. The lowest BCUT2D eigenvalue weighted by molar-refractivity contribution is 0.109. The first-order valence-electron chi connectivity index (χ1n) is 7.06. The predicted molar refractivity (Wildman–Crippen MR) is 82.5 cm³/mol. The third-order valence-electron chi connectivity index (χ3n) is 3.94. The molecule has 20 heavy (non-hydrogen) atoms. The second-order valence-electron chi connectivity index (χ2n) is 5.49. The molecule has 2 heterocycles. The van der Waals surface area contributed by atoms with Crippen molar-refractivity contribution < 1.29 is 9.47 Å². The topological polar surface area (TPSA) is 34.1 Å². The van der Waals surface area contributed by atoms with E-state index in [0.29, 0.717) is 12.1 Å². The van der Waals surface area contributed by atoms with Crippen molar-refractivity contribution in [2.45, 2.75) is 45.2 Å².